The van der Waals surface area contributed by atoms with E-state index in [1.54, 1.807) is 13.8 Å². The summed E-state index contributed by atoms with van der Waals surface area (Å²) in [5.41, 5.74) is 5.93. The molecule has 0 atom stereocenters. The molecule has 0 saturated heterocycles. The van der Waals surface area contributed by atoms with Crippen LogP contribution in [0.4, 0.5) is 11.6 Å². The minimum Gasteiger partial charge on any atom is -0.399 e. The van der Waals surface area contributed by atoms with Crippen LogP contribution in [0.3, 0.4) is 0 Å². The lowest BCUT2D eigenvalue weighted by molar-refractivity contribution is 0.430. The van der Waals surface area contributed by atoms with Crippen LogP contribution in [0.25, 0.3) is 0 Å². The lowest BCUT2D eigenvalue weighted by Gasteiger charge is -2.05. The van der Waals surface area contributed by atoms with Crippen LogP contribution in [0.5, 0.6) is 0 Å². The maximum absolute atomic E-state index is 12.4. The fraction of sp³-hybridized carbons (Fsp3) is 0.182. The van der Waals surface area contributed by atoms with E-state index >= 15 is 0 Å². The number of nitrogen functional groups attached to an aromatic ring is 1. The van der Waals surface area contributed by atoms with E-state index in [0.717, 1.165) is 0 Å². The fourth-order valence-electron chi connectivity index (χ4n) is 1.13. The van der Waals surface area contributed by atoms with Crippen molar-refractivity contribution >= 4 is 21.6 Å². The minimum absolute atomic E-state index is 0.147. The number of benzene rings is 1. The van der Waals surface area contributed by atoms with Gasteiger partial charge < -0.3 is 10.3 Å². The topological polar surface area (TPSA) is 98.2 Å². The van der Waals surface area contributed by atoms with E-state index in [1.807, 2.05) is 0 Å². The van der Waals surface area contributed by atoms with Gasteiger partial charge in [0, 0.05) is 11.3 Å². The zero-order valence-electron chi connectivity index (χ0n) is 13.7. The average Bonchev–Trinajstić information content (AvgIpc) is 2.74. The summed E-state index contributed by atoms with van der Waals surface area (Å²) in [6, 6.07) is -2.74. The van der Waals surface area contributed by atoms with Crippen LogP contribution < -0.4 is 10.5 Å². The second-order valence-electron chi connectivity index (χ2n) is 3.57. The summed E-state index contributed by atoms with van der Waals surface area (Å²) in [5, 5.41) is 3.60. The first-order chi connectivity index (χ1) is 10.1. The van der Waals surface area contributed by atoms with Gasteiger partial charge in [0.05, 0.1) is 16.1 Å². The van der Waals surface area contributed by atoms with Crippen LogP contribution in [0.15, 0.2) is 33.6 Å². The third kappa shape index (κ3) is 2.30. The number of nitrogens with zero attached hydrogens (tertiary/aromatic N) is 1. The van der Waals surface area contributed by atoms with Gasteiger partial charge in [0.15, 0.2) is 0 Å². The summed E-state index contributed by atoms with van der Waals surface area (Å²) in [5.74, 6) is -0.147. The van der Waals surface area contributed by atoms with Crippen molar-refractivity contribution in [1.29, 1.82) is 0 Å². The van der Waals surface area contributed by atoms with Crippen molar-refractivity contribution in [3.8, 4) is 0 Å². The Bertz CT molecular complexity index is 835. The van der Waals surface area contributed by atoms with E-state index in [0.29, 0.717) is 11.3 Å². The Kier molecular flexibility index (Phi) is 1.96. The summed E-state index contributed by atoms with van der Waals surface area (Å²) < 4.78 is 62.3. The summed E-state index contributed by atoms with van der Waals surface area (Å²) in [7, 11) is -4.40. The van der Waals surface area contributed by atoms with Gasteiger partial charge in [-0.05, 0) is 38.0 Å². The molecule has 0 aliphatic rings. The molecule has 2 rings (SSSR count). The van der Waals surface area contributed by atoms with Gasteiger partial charge in [-0.15, -0.1) is 0 Å². The Hall–Kier alpha value is -2.02. The van der Waals surface area contributed by atoms with Crippen LogP contribution in [-0.4, -0.2) is 13.6 Å². The average molecular weight is 271 g/mol. The van der Waals surface area contributed by atoms with E-state index in [2.05, 4.69) is 9.88 Å². The maximum Gasteiger partial charge on any atom is 0.264 e. The molecule has 0 fully saturated rings. The van der Waals surface area contributed by atoms with Gasteiger partial charge in [-0.1, -0.05) is 5.16 Å². The van der Waals surface area contributed by atoms with Crippen molar-refractivity contribution in [2.24, 2.45) is 0 Å². The molecule has 1 aromatic carbocycles. The highest BCUT2D eigenvalue weighted by molar-refractivity contribution is 7.92. The first-order valence-corrected chi connectivity index (χ1v) is 6.37. The van der Waals surface area contributed by atoms with E-state index < -0.39 is 44.8 Å². The molecule has 0 amide bonds. The number of aryl methyl sites for hydroxylation is 1. The molecule has 0 unspecified atom stereocenters. The molecule has 0 aliphatic carbocycles. The zero-order chi connectivity index (χ0) is 16.8. The van der Waals surface area contributed by atoms with Gasteiger partial charge in [-0.25, -0.2) is 13.1 Å². The van der Waals surface area contributed by atoms with Crippen molar-refractivity contribution in [3.05, 3.63) is 35.4 Å². The van der Waals surface area contributed by atoms with Gasteiger partial charge in [-0.2, -0.15) is 0 Å². The number of hydrogen-bond donors (Lipinski definition) is 2. The number of sulfonamides is 1. The Morgan fingerprint density at radius 3 is 2.44 bits per heavy atom. The second kappa shape index (κ2) is 4.34. The number of nitrogens with two attached hydrogens (primary N) is 1. The van der Waals surface area contributed by atoms with Crippen LogP contribution in [0.1, 0.15) is 16.7 Å². The van der Waals surface area contributed by atoms with Crippen molar-refractivity contribution in [3.63, 3.8) is 0 Å². The number of anilines is 2. The van der Waals surface area contributed by atoms with Gasteiger partial charge in [0.1, 0.15) is 0 Å². The van der Waals surface area contributed by atoms with Crippen molar-refractivity contribution in [1.82, 2.24) is 5.16 Å². The largest absolute Gasteiger partial charge is 0.399 e. The van der Waals surface area contributed by atoms with Crippen molar-refractivity contribution in [2.75, 3.05) is 10.5 Å². The lowest BCUT2D eigenvalue weighted by atomic mass is 10.3. The molecule has 2 aromatic rings. The summed E-state index contributed by atoms with van der Waals surface area (Å²) in [6.45, 7) is 3.21. The highest BCUT2D eigenvalue weighted by Crippen LogP contribution is 2.22. The van der Waals surface area contributed by atoms with E-state index in [1.165, 1.54) is 0 Å². The molecular weight excluding hydrogens is 254 g/mol. The quantitative estimate of drug-likeness (QED) is 0.827. The molecule has 0 aliphatic heterocycles. The van der Waals surface area contributed by atoms with Gasteiger partial charge >= 0.3 is 0 Å². The van der Waals surface area contributed by atoms with E-state index in [4.69, 9.17) is 15.7 Å². The summed E-state index contributed by atoms with van der Waals surface area (Å²) in [4.78, 5) is -0.801. The SMILES string of the molecule is [2H]c1c([2H])c(S(=O)(=O)Nc2onc(C)c2C)c([2H])c([2H])c1N. The third-order valence-corrected chi connectivity index (χ3v) is 3.47. The van der Waals surface area contributed by atoms with Crippen LogP contribution in [-0.2, 0) is 10.0 Å². The minimum atomic E-state index is -4.40. The van der Waals surface area contributed by atoms with E-state index in [-0.39, 0.29) is 5.88 Å². The smallest absolute Gasteiger partial charge is 0.264 e. The molecule has 0 spiro atoms. The van der Waals surface area contributed by atoms with Gasteiger partial charge in [-0.3, -0.25) is 0 Å². The summed E-state index contributed by atoms with van der Waals surface area (Å²) in [6.07, 6.45) is 0. The first kappa shape index (κ1) is 8.15. The number of nitrogens with one attached hydrogen (secondary N) is 1. The predicted molar refractivity (Wildman–Crippen MR) is 67.6 cm³/mol. The van der Waals surface area contributed by atoms with Crippen LogP contribution >= 0.6 is 0 Å². The van der Waals surface area contributed by atoms with Crippen LogP contribution in [0.2, 0.25) is 0 Å². The molecule has 6 nitrogen and oxygen atoms in total. The molecule has 7 heteroatoms. The molecule has 0 saturated carbocycles. The molecule has 0 bridgehead atoms. The molecule has 1 heterocycles. The number of rotatable bonds is 3. The van der Waals surface area contributed by atoms with E-state index in [9.17, 15) is 8.42 Å². The van der Waals surface area contributed by atoms with Gasteiger partial charge in [0.25, 0.3) is 10.0 Å². The fourth-order valence-corrected chi connectivity index (χ4v) is 2.04. The Morgan fingerprint density at radius 2 is 1.94 bits per heavy atom. The lowest BCUT2D eigenvalue weighted by Crippen LogP contribution is -2.13. The Labute approximate surface area is 110 Å². The normalized spacial score (nSPS) is 14.6. The monoisotopic (exact) mass is 271 g/mol. The number of aromatic nitrogens is 1. The highest BCUT2D eigenvalue weighted by atomic mass is 32.2. The molecule has 18 heavy (non-hydrogen) atoms. The second-order valence-corrected chi connectivity index (χ2v) is 5.19. The number of hydrogen-bond acceptors (Lipinski definition) is 5. The molecule has 0 radical (unpaired) electrons. The molecule has 96 valence electrons. The van der Waals surface area contributed by atoms with Crippen molar-refractivity contribution in [2.45, 2.75) is 18.7 Å². The Morgan fingerprint density at radius 1 is 1.33 bits per heavy atom. The van der Waals surface area contributed by atoms with Gasteiger partial charge in [0.2, 0.25) is 5.88 Å². The zero-order valence-corrected chi connectivity index (χ0v) is 10.5. The standard InChI is InChI=1S/C11H13N3O3S/c1-7-8(2)13-17-11(7)14-18(15,16)10-5-3-9(12)4-6-10/h3-6,14H,12H2,1-2H3/i3D,4D,5D,6D. The molecule has 3 N–H and O–H groups in total. The maximum atomic E-state index is 12.4. The first-order valence-electron chi connectivity index (χ1n) is 6.89. The summed E-state index contributed by atoms with van der Waals surface area (Å²) >= 11 is 0. The Balaban J connectivity index is 2.63. The van der Waals surface area contributed by atoms with Crippen LogP contribution in [0, 0.1) is 13.8 Å². The predicted octanol–water partition coefficient (Wildman–Crippen LogP) is 1.67. The third-order valence-electron chi connectivity index (χ3n) is 2.27. The highest BCUT2D eigenvalue weighted by Gasteiger charge is 2.18. The van der Waals surface area contributed by atoms with Crippen molar-refractivity contribution < 1.29 is 18.4 Å². The molecule has 1 aromatic heterocycles. The molecular formula is C11H13N3O3S.